The van der Waals surface area contributed by atoms with Gasteiger partial charge in [-0.15, -0.1) is 0 Å². The van der Waals surface area contributed by atoms with E-state index in [1.165, 1.54) is 5.57 Å². The standard InChI is InChI=1S/C19H27N3O2/c1-11(2)10-13-15(19(13,3)4)18(23)22-9-5-6-14(22)16-20-17(24-21-16)12-7-8-12/h10,12-15H,5-9H2,1-4H3/t13-,14-,15+/m1/s1. The largest absolute Gasteiger partial charge is 0.339 e. The highest BCUT2D eigenvalue weighted by Crippen LogP contribution is 2.60. The van der Waals surface area contributed by atoms with Crippen molar-refractivity contribution in [2.24, 2.45) is 17.3 Å². The molecule has 3 atom stereocenters. The Labute approximate surface area is 143 Å². The fourth-order valence-corrected chi connectivity index (χ4v) is 4.18. The minimum absolute atomic E-state index is 0.00231. The van der Waals surface area contributed by atoms with E-state index in [1.54, 1.807) is 0 Å². The molecule has 0 spiro atoms. The second-order valence-corrected chi connectivity index (χ2v) is 8.52. The smallest absolute Gasteiger partial charge is 0.229 e. The van der Waals surface area contributed by atoms with Crippen molar-refractivity contribution in [2.75, 3.05) is 6.54 Å². The highest BCUT2D eigenvalue weighted by Gasteiger charge is 2.62. The van der Waals surface area contributed by atoms with Crippen molar-refractivity contribution in [3.8, 4) is 0 Å². The van der Waals surface area contributed by atoms with E-state index in [1.807, 2.05) is 4.90 Å². The van der Waals surface area contributed by atoms with Crippen LogP contribution in [0.4, 0.5) is 0 Å². The molecule has 0 radical (unpaired) electrons. The molecule has 1 aromatic heterocycles. The molecule has 5 nitrogen and oxygen atoms in total. The molecule has 3 fully saturated rings. The van der Waals surface area contributed by atoms with Gasteiger partial charge in [0.05, 0.1) is 12.0 Å². The van der Waals surface area contributed by atoms with E-state index in [0.29, 0.717) is 17.7 Å². The number of aromatic nitrogens is 2. The Balaban J connectivity index is 1.52. The third kappa shape index (κ3) is 2.58. The van der Waals surface area contributed by atoms with Gasteiger partial charge in [-0.25, -0.2) is 0 Å². The summed E-state index contributed by atoms with van der Waals surface area (Å²) >= 11 is 0. The van der Waals surface area contributed by atoms with Crippen LogP contribution in [0.15, 0.2) is 16.2 Å². The molecule has 4 rings (SSSR count). The van der Waals surface area contributed by atoms with E-state index in [0.717, 1.165) is 38.1 Å². The first kappa shape index (κ1) is 15.9. The molecule has 1 aromatic rings. The van der Waals surface area contributed by atoms with Gasteiger partial charge in [-0.2, -0.15) is 4.98 Å². The maximum atomic E-state index is 13.2. The number of hydrogen-bond acceptors (Lipinski definition) is 4. The Morgan fingerprint density at radius 1 is 1.29 bits per heavy atom. The first-order chi connectivity index (χ1) is 11.4. The fraction of sp³-hybridized carbons (Fsp3) is 0.737. The van der Waals surface area contributed by atoms with E-state index >= 15 is 0 Å². The second kappa shape index (κ2) is 5.43. The van der Waals surface area contributed by atoms with Gasteiger partial charge in [0.1, 0.15) is 0 Å². The quantitative estimate of drug-likeness (QED) is 0.787. The van der Waals surface area contributed by atoms with Crippen LogP contribution in [0, 0.1) is 17.3 Å². The Hall–Kier alpha value is -1.65. The van der Waals surface area contributed by atoms with Gasteiger partial charge in [-0.3, -0.25) is 4.79 Å². The lowest BCUT2D eigenvalue weighted by atomic mass is 10.1. The molecule has 5 heteroatoms. The van der Waals surface area contributed by atoms with E-state index in [-0.39, 0.29) is 23.3 Å². The molecule has 1 aliphatic heterocycles. The average Bonchev–Trinajstić information content (AvgIpc) is 3.26. The first-order valence-electron chi connectivity index (χ1n) is 9.18. The lowest BCUT2D eigenvalue weighted by Gasteiger charge is -2.23. The number of hydrogen-bond donors (Lipinski definition) is 0. The Morgan fingerprint density at radius 3 is 2.71 bits per heavy atom. The van der Waals surface area contributed by atoms with E-state index in [2.05, 4.69) is 43.9 Å². The number of nitrogens with zero attached hydrogens (tertiary/aromatic N) is 3. The van der Waals surface area contributed by atoms with Gasteiger partial charge >= 0.3 is 0 Å². The topological polar surface area (TPSA) is 59.2 Å². The normalized spacial score (nSPS) is 31.2. The number of carbonyl (C=O) groups excluding carboxylic acids is 1. The van der Waals surface area contributed by atoms with Crippen molar-refractivity contribution < 1.29 is 9.32 Å². The SMILES string of the molecule is CC(C)=C[C@@H]1[C@@H](C(=O)N2CCC[C@@H]2c2noc(C3CC3)n2)C1(C)C. The molecule has 2 saturated carbocycles. The minimum atomic E-state index is -0.00231. The number of carbonyl (C=O) groups is 1. The third-order valence-corrected chi connectivity index (χ3v) is 5.91. The van der Waals surface area contributed by atoms with Crippen molar-refractivity contribution >= 4 is 5.91 Å². The van der Waals surface area contributed by atoms with Gasteiger partial charge in [0.25, 0.3) is 0 Å². The molecule has 0 bridgehead atoms. The number of allylic oxidation sites excluding steroid dienone is 2. The zero-order valence-corrected chi connectivity index (χ0v) is 15.1. The molecule has 24 heavy (non-hydrogen) atoms. The zero-order valence-electron chi connectivity index (χ0n) is 15.1. The second-order valence-electron chi connectivity index (χ2n) is 8.52. The summed E-state index contributed by atoms with van der Waals surface area (Å²) in [5, 5.41) is 4.18. The van der Waals surface area contributed by atoms with E-state index in [4.69, 9.17) is 4.52 Å². The van der Waals surface area contributed by atoms with Crippen molar-refractivity contribution in [3.05, 3.63) is 23.4 Å². The van der Waals surface area contributed by atoms with Gasteiger partial charge in [-0.1, -0.05) is 30.7 Å². The van der Waals surface area contributed by atoms with Crippen molar-refractivity contribution in [1.29, 1.82) is 0 Å². The van der Waals surface area contributed by atoms with Gasteiger partial charge in [0, 0.05) is 12.5 Å². The maximum absolute atomic E-state index is 13.2. The van der Waals surface area contributed by atoms with Crippen molar-refractivity contribution in [3.63, 3.8) is 0 Å². The van der Waals surface area contributed by atoms with E-state index in [9.17, 15) is 4.79 Å². The summed E-state index contributed by atoms with van der Waals surface area (Å²) in [6.07, 6.45) is 6.51. The van der Waals surface area contributed by atoms with Crippen LogP contribution in [0.25, 0.3) is 0 Å². The molecule has 0 aromatic carbocycles. The lowest BCUT2D eigenvalue weighted by molar-refractivity contribution is -0.134. The van der Waals surface area contributed by atoms with Gasteiger partial charge in [0.15, 0.2) is 5.82 Å². The molecule has 130 valence electrons. The summed E-state index contributed by atoms with van der Waals surface area (Å²) < 4.78 is 5.41. The van der Waals surface area contributed by atoms with Crippen LogP contribution in [0.3, 0.4) is 0 Å². The molecular formula is C19H27N3O2. The van der Waals surface area contributed by atoms with Crippen LogP contribution in [-0.4, -0.2) is 27.5 Å². The van der Waals surface area contributed by atoms with E-state index < -0.39 is 0 Å². The molecule has 1 amide bonds. The number of rotatable bonds is 4. The van der Waals surface area contributed by atoms with Crippen LogP contribution >= 0.6 is 0 Å². The Morgan fingerprint density at radius 2 is 2.04 bits per heavy atom. The predicted molar refractivity (Wildman–Crippen MR) is 90.2 cm³/mol. The van der Waals surface area contributed by atoms with Crippen LogP contribution < -0.4 is 0 Å². The summed E-state index contributed by atoms with van der Waals surface area (Å²) in [5.74, 6) is 2.63. The highest BCUT2D eigenvalue weighted by atomic mass is 16.5. The summed E-state index contributed by atoms with van der Waals surface area (Å²) in [4.78, 5) is 19.8. The summed E-state index contributed by atoms with van der Waals surface area (Å²) in [7, 11) is 0. The van der Waals surface area contributed by atoms with Crippen LogP contribution in [0.5, 0.6) is 0 Å². The number of likely N-dealkylation sites (tertiary alicyclic amines) is 1. The first-order valence-corrected chi connectivity index (χ1v) is 9.18. The Bertz CT molecular complexity index is 683. The number of amides is 1. The molecule has 3 aliphatic rings. The molecule has 0 N–H and O–H groups in total. The summed E-state index contributed by atoms with van der Waals surface area (Å²) in [6, 6.07) is -0.00231. The van der Waals surface area contributed by atoms with Gasteiger partial charge < -0.3 is 9.42 Å². The molecule has 2 heterocycles. The summed E-state index contributed by atoms with van der Waals surface area (Å²) in [5.41, 5.74) is 1.34. The maximum Gasteiger partial charge on any atom is 0.229 e. The molecule has 1 saturated heterocycles. The average molecular weight is 329 g/mol. The minimum Gasteiger partial charge on any atom is -0.339 e. The fourth-order valence-electron chi connectivity index (χ4n) is 4.18. The molecule has 2 aliphatic carbocycles. The monoisotopic (exact) mass is 329 g/mol. The third-order valence-electron chi connectivity index (χ3n) is 5.91. The zero-order chi connectivity index (χ0) is 17.1. The molecular weight excluding hydrogens is 302 g/mol. The van der Waals surface area contributed by atoms with Crippen LogP contribution in [0.1, 0.15) is 77.1 Å². The predicted octanol–water partition coefficient (Wildman–Crippen LogP) is 3.85. The van der Waals surface area contributed by atoms with Crippen LogP contribution in [-0.2, 0) is 4.79 Å². The lowest BCUT2D eigenvalue weighted by Crippen LogP contribution is -2.33. The van der Waals surface area contributed by atoms with Gasteiger partial charge in [0.2, 0.25) is 11.8 Å². The van der Waals surface area contributed by atoms with Crippen LogP contribution in [0.2, 0.25) is 0 Å². The molecule has 0 unspecified atom stereocenters. The summed E-state index contributed by atoms with van der Waals surface area (Å²) in [6.45, 7) is 9.42. The van der Waals surface area contributed by atoms with Gasteiger partial charge in [-0.05, 0) is 50.9 Å². The van der Waals surface area contributed by atoms with Crippen molar-refractivity contribution in [1.82, 2.24) is 15.0 Å². The highest BCUT2D eigenvalue weighted by molar-refractivity contribution is 5.84. The van der Waals surface area contributed by atoms with Crippen molar-refractivity contribution in [2.45, 2.75) is 65.3 Å². The Kier molecular flexibility index (Phi) is 3.59.